The Kier molecular flexibility index (Phi) is 4.00. The van der Waals surface area contributed by atoms with Crippen LogP contribution in [0.4, 0.5) is 0 Å². The summed E-state index contributed by atoms with van der Waals surface area (Å²) < 4.78 is 5.13. The lowest BCUT2D eigenvalue weighted by Crippen LogP contribution is -1.91. The zero-order chi connectivity index (χ0) is 11.3. The molecule has 0 aliphatic carbocycles. The lowest BCUT2D eigenvalue weighted by Gasteiger charge is -2.05. The predicted molar refractivity (Wildman–Crippen MR) is 64.1 cm³/mol. The van der Waals surface area contributed by atoms with Crippen LogP contribution < -0.4 is 4.74 Å². The molecule has 15 heavy (non-hydrogen) atoms. The second kappa shape index (κ2) is 5.26. The molecule has 0 aliphatic heterocycles. The predicted octanol–water partition coefficient (Wildman–Crippen LogP) is 3.19. The van der Waals surface area contributed by atoms with Crippen molar-refractivity contribution in [3.63, 3.8) is 0 Å². The quantitative estimate of drug-likeness (QED) is 0.538. The summed E-state index contributed by atoms with van der Waals surface area (Å²) in [5.41, 5.74) is 3.38. The van der Waals surface area contributed by atoms with Gasteiger partial charge in [-0.05, 0) is 38.0 Å². The zero-order valence-electron chi connectivity index (χ0n) is 9.50. The minimum Gasteiger partial charge on any atom is -0.497 e. The van der Waals surface area contributed by atoms with Crippen molar-refractivity contribution in [3.8, 4) is 18.1 Å². The van der Waals surface area contributed by atoms with Gasteiger partial charge in [-0.1, -0.05) is 23.6 Å². The Bertz CT molecular complexity index is 404. The fourth-order valence-electron chi connectivity index (χ4n) is 1.31. The number of terminal acetylenes is 1. The van der Waals surface area contributed by atoms with Crippen LogP contribution in [-0.4, -0.2) is 7.11 Å². The molecule has 78 valence electrons. The highest BCUT2D eigenvalue weighted by atomic mass is 16.5. The van der Waals surface area contributed by atoms with Gasteiger partial charge < -0.3 is 4.74 Å². The number of rotatable bonds is 3. The van der Waals surface area contributed by atoms with Gasteiger partial charge in [0.1, 0.15) is 5.75 Å². The molecule has 1 aromatic carbocycles. The Labute approximate surface area is 91.8 Å². The van der Waals surface area contributed by atoms with Crippen LogP contribution in [0, 0.1) is 12.3 Å². The fourth-order valence-corrected chi connectivity index (χ4v) is 1.31. The molecule has 1 heteroatoms. The van der Waals surface area contributed by atoms with E-state index in [1.54, 1.807) is 7.11 Å². The first-order valence-electron chi connectivity index (χ1n) is 4.94. The summed E-state index contributed by atoms with van der Waals surface area (Å²) >= 11 is 0. The van der Waals surface area contributed by atoms with Crippen LogP contribution in [0.1, 0.15) is 25.0 Å². The second-order valence-corrected chi connectivity index (χ2v) is 3.65. The average molecular weight is 200 g/mol. The Balaban J connectivity index is 2.99. The van der Waals surface area contributed by atoms with Crippen molar-refractivity contribution in [1.29, 1.82) is 0 Å². The minimum atomic E-state index is 0.809. The van der Waals surface area contributed by atoms with Crippen molar-refractivity contribution in [3.05, 3.63) is 41.0 Å². The van der Waals surface area contributed by atoms with E-state index in [2.05, 4.69) is 25.8 Å². The molecule has 0 N–H and O–H groups in total. The van der Waals surface area contributed by atoms with E-state index in [-0.39, 0.29) is 0 Å². The van der Waals surface area contributed by atoms with Crippen LogP contribution >= 0.6 is 0 Å². The highest BCUT2D eigenvalue weighted by molar-refractivity contribution is 5.45. The maximum Gasteiger partial charge on any atom is 0.120 e. The molecule has 0 bridgehead atoms. The number of methoxy groups -OCH3 is 1. The molecule has 1 nitrogen and oxygen atoms in total. The zero-order valence-corrected chi connectivity index (χ0v) is 9.50. The van der Waals surface area contributed by atoms with E-state index >= 15 is 0 Å². The standard InChI is InChI=1S/C14H16O/c1-5-12-10-14(15-4)9-8-13(12)7-6-11(2)3/h1,6,8-10H,7H2,2-4H3. The lowest BCUT2D eigenvalue weighted by molar-refractivity contribution is 0.414. The second-order valence-electron chi connectivity index (χ2n) is 3.65. The first-order chi connectivity index (χ1) is 7.17. The molecule has 0 atom stereocenters. The van der Waals surface area contributed by atoms with E-state index < -0.39 is 0 Å². The number of ether oxygens (including phenoxy) is 1. The Morgan fingerprint density at radius 2 is 2.20 bits per heavy atom. The topological polar surface area (TPSA) is 9.23 Å². The van der Waals surface area contributed by atoms with Crippen LogP contribution in [0.2, 0.25) is 0 Å². The van der Waals surface area contributed by atoms with Crippen molar-refractivity contribution in [2.75, 3.05) is 7.11 Å². The molecular formula is C14H16O. The van der Waals surface area contributed by atoms with Gasteiger partial charge in [0.2, 0.25) is 0 Å². The van der Waals surface area contributed by atoms with Gasteiger partial charge in [0, 0.05) is 5.56 Å². The van der Waals surface area contributed by atoms with Crippen LogP contribution in [-0.2, 0) is 6.42 Å². The average Bonchev–Trinajstić information content (AvgIpc) is 2.25. The molecule has 0 fully saturated rings. The Hall–Kier alpha value is -1.68. The highest BCUT2D eigenvalue weighted by Gasteiger charge is 2.00. The molecule has 1 rings (SSSR count). The molecule has 1 aromatic rings. The number of benzene rings is 1. The molecule has 0 radical (unpaired) electrons. The van der Waals surface area contributed by atoms with Crippen LogP contribution in [0.5, 0.6) is 5.75 Å². The van der Waals surface area contributed by atoms with Gasteiger partial charge in [-0.25, -0.2) is 0 Å². The van der Waals surface area contributed by atoms with Crippen molar-refractivity contribution < 1.29 is 4.74 Å². The Morgan fingerprint density at radius 1 is 1.47 bits per heavy atom. The van der Waals surface area contributed by atoms with E-state index in [9.17, 15) is 0 Å². The van der Waals surface area contributed by atoms with E-state index in [0.29, 0.717) is 0 Å². The van der Waals surface area contributed by atoms with Crippen LogP contribution in [0.25, 0.3) is 0 Å². The van der Waals surface area contributed by atoms with E-state index in [0.717, 1.165) is 17.7 Å². The molecule has 0 spiro atoms. The molecule has 0 unspecified atom stereocenters. The summed E-state index contributed by atoms with van der Waals surface area (Å²) in [6.07, 6.45) is 8.50. The first-order valence-corrected chi connectivity index (χ1v) is 4.94. The van der Waals surface area contributed by atoms with Gasteiger partial charge in [-0.3, -0.25) is 0 Å². The maximum absolute atomic E-state index is 5.45. The number of hydrogen-bond acceptors (Lipinski definition) is 1. The molecule has 0 heterocycles. The van der Waals surface area contributed by atoms with Crippen molar-refractivity contribution in [2.24, 2.45) is 0 Å². The van der Waals surface area contributed by atoms with Crippen LogP contribution in [0.3, 0.4) is 0 Å². The third-order valence-electron chi connectivity index (χ3n) is 2.20. The minimum absolute atomic E-state index is 0.809. The van der Waals surface area contributed by atoms with Gasteiger partial charge in [0.15, 0.2) is 0 Å². The maximum atomic E-state index is 5.45. The monoisotopic (exact) mass is 200 g/mol. The van der Waals surface area contributed by atoms with Gasteiger partial charge in [0.05, 0.1) is 7.11 Å². The molecule has 0 amide bonds. The summed E-state index contributed by atoms with van der Waals surface area (Å²) in [7, 11) is 1.64. The normalized spacial score (nSPS) is 9.20. The molecule has 0 aromatic heterocycles. The van der Waals surface area contributed by atoms with Crippen molar-refractivity contribution in [2.45, 2.75) is 20.3 Å². The molecule has 0 aliphatic rings. The SMILES string of the molecule is C#Cc1cc(OC)ccc1CC=C(C)C. The summed E-state index contributed by atoms with van der Waals surface area (Å²) in [6, 6.07) is 5.86. The molecular weight excluding hydrogens is 184 g/mol. The van der Waals surface area contributed by atoms with Crippen molar-refractivity contribution >= 4 is 0 Å². The fraction of sp³-hybridized carbons (Fsp3) is 0.286. The highest BCUT2D eigenvalue weighted by Crippen LogP contribution is 2.18. The van der Waals surface area contributed by atoms with Gasteiger partial charge in [-0.2, -0.15) is 0 Å². The largest absolute Gasteiger partial charge is 0.497 e. The van der Waals surface area contributed by atoms with Gasteiger partial charge in [0.25, 0.3) is 0 Å². The number of hydrogen-bond donors (Lipinski definition) is 0. The van der Waals surface area contributed by atoms with E-state index in [1.807, 2.05) is 18.2 Å². The molecule has 0 saturated carbocycles. The Morgan fingerprint density at radius 3 is 2.73 bits per heavy atom. The van der Waals surface area contributed by atoms with Gasteiger partial charge >= 0.3 is 0 Å². The number of allylic oxidation sites excluding steroid dienone is 2. The van der Waals surface area contributed by atoms with Crippen LogP contribution in [0.15, 0.2) is 29.8 Å². The summed E-state index contributed by atoms with van der Waals surface area (Å²) in [5, 5.41) is 0. The van der Waals surface area contributed by atoms with E-state index in [1.165, 1.54) is 11.1 Å². The smallest absolute Gasteiger partial charge is 0.120 e. The summed E-state index contributed by atoms with van der Waals surface area (Å²) in [6.45, 7) is 4.16. The van der Waals surface area contributed by atoms with Crippen molar-refractivity contribution in [1.82, 2.24) is 0 Å². The third-order valence-corrected chi connectivity index (χ3v) is 2.20. The third kappa shape index (κ3) is 3.18. The van der Waals surface area contributed by atoms with Gasteiger partial charge in [-0.15, -0.1) is 6.42 Å². The van der Waals surface area contributed by atoms with E-state index in [4.69, 9.17) is 11.2 Å². The molecule has 0 saturated heterocycles. The summed E-state index contributed by atoms with van der Waals surface area (Å²) in [4.78, 5) is 0. The summed E-state index contributed by atoms with van der Waals surface area (Å²) in [5.74, 6) is 3.49. The lowest BCUT2D eigenvalue weighted by atomic mass is 10.0. The first kappa shape index (κ1) is 11.4.